The molecule has 0 amide bonds. The van der Waals surface area contributed by atoms with Crippen molar-refractivity contribution in [1.29, 1.82) is 0 Å². The second kappa shape index (κ2) is 10.4. The summed E-state index contributed by atoms with van der Waals surface area (Å²) in [4.78, 5) is 4.13. The smallest absolute Gasteiger partial charge is 0.236 e. The van der Waals surface area contributed by atoms with Gasteiger partial charge < -0.3 is 15.4 Å². The Labute approximate surface area is 156 Å². The van der Waals surface area contributed by atoms with E-state index >= 15 is 0 Å². The first-order valence-electron chi connectivity index (χ1n) is 9.19. The zero-order chi connectivity index (χ0) is 18.8. The summed E-state index contributed by atoms with van der Waals surface area (Å²) in [5, 5.41) is 6.27. The molecule has 0 atom stereocenters. The Morgan fingerprint density at radius 3 is 2.77 bits per heavy atom. The lowest BCUT2D eigenvalue weighted by atomic mass is 10.2. The summed E-state index contributed by atoms with van der Waals surface area (Å²) in [6.07, 6.45) is 2.73. The van der Waals surface area contributed by atoms with E-state index in [2.05, 4.69) is 15.6 Å². The molecule has 0 radical (unpaired) electrons. The van der Waals surface area contributed by atoms with Crippen molar-refractivity contribution in [3.63, 3.8) is 0 Å². The Bertz CT molecular complexity index is 691. The van der Waals surface area contributed by atoms with Crippen LogP contribution in [0.1, 0.15) is 25.3 Å². The summed E-state index contributed by atoms with van der Waals surface area (Å²) in [7, 11) is -1.66. The molecule has 1 aromatic rings. The zero-order valence-electron chi connectivity index (χ0n) is 15.7. The van der Waals surface area contributed by atoms with Crippen LogP contribution in [-0.4, -0.2) is 60.0 Å². The molecule has 0 saturated carbocycles. The van der Waals surface area contributed by atoms with Crippen LogP contribution in [-0.2, 0) is 21.2 Å². The fourth-order valence-electron chi connectivity index (χ4n) is 2.91. The maximum atomic E-state index is 12.6. The van der Waals surface area contributed by atoms with Gasteiger partial charge in [-0.15, -0.1) is 0 Å². The van der Waals surface area contributed by atoms with E-state index in [-0.39, 0.29) is 5.75 Å². The summed E-state index contributed by atoms with van der Waals surface area (Å²) in [6.45, 7) is 5.11. The lowest BCUT2D eigenvalue weighted by molar-refractivity contribution is 0.143. The van der Waals surface area contributed by atoms with Gasteiger partial charge in [0, 0.05) is 39.9 Å². The van der Waals surface area contributed by atoms with Crippen molar-refractivity contribution in [1.82, 2.24) is 10.6 Å². The molecule has 0 saturated heterocycles. The van der Waals surface area contributed by atoms with Gasteiger partial charge in [0.05, 0.1) is 11.4 Å². The van der Waals surface area contributed by atoms with Crippen LogP contribution >= 0.6 is 0 Å². The van der Waals surface area contributed by atoms with Crippen molar-refractivity contribution >= 4 is 21.7 Å². The Balaban J connectivity index is 1.74. The van der Waals surface area contributed by atoms with Crippen molar-refractivity contribution in [2.45, 2.75) is 26.2 Å². The predicted molar refractivity (Wildman–Crippen MR) is 106 cm³/mol. The van der Waals surface area contributed by atoms with E-state index in [4.69, 9.17) is 4.74 Å². The van der Waals surface area contributed by atoms with Crippen LogP contribution in [0.2, 0.25) is 0 Å². The Kier molecular flexibility index (Phi) is 8.18. The minimum absolute atomic E-state index is 0.0341. The number of hydrogen-bond donors (Lipinski definition) is 2. The van der Waals surface area contributed by atoms with Crippen LogP contribution in [0.15, 0.2) is 29.3 Å². The molecule has 0 fully saturated rings. The molecule has 1 aromatic carbocycles. The molecule has 146 valence electrons. The Morgan fingerprint density at radius 1 is 1.23 bits per heavy atom. The van der Waals surface area contributed by atoms with E-state index in [1.165, 1.54) is 4.31 Å². The summed E-state index contributed by atoms with van der Waals surface area (Å²) in [5.74, 6) is 0.658. The van der Waals surface area contributed by atoms with E-state index in [1.54, 1.807) is 7.05 Å². The highest BCUT2D eigenvalue weighted by atomic mass is 32.2. The molecule has 1 aliphatic rings. The van der Waals surface area contributed by atoms with Crippen molar-refractivity contribution in [2.75, 3.05) is 50.0 Å². The van der Waals surface area contributed by atoms with Crippen LogP contribution < -0.4 is 14.9 Å². The van der Waals surface area contributed by atoms with Crippen LogP contribution in [0.25, 0.3) is 0 Å². The van der Waals surface area contributed by atoms with Gasteiger partial charge in [0.2, 0.25) is 10.0 Å². The third-order valence-corrected chi connectivity index (χ3v) is 6.04. The molecule has 1 heterocycles. The number of fused-ring (bicyclic) bond motifs is 1. The molecule has 0 aromatic heterocycles. The molecule has 8 heteroatoms. The number of para-hydroxylation sites is 1. The molecule has 1 aliphatic heterocycles. The predicted octanol–water partition coefficient (Wildman–Crippen LogP) is 1.36. The number of rotatable bonds is 10. The second-order valence-corrected chi connectivity index (χ2v) is 8.11. The lowest BCUT2D eigenvalue weighted by Gasteiger charge is -2.20. The fraction of sp³-hybridized carbons (Fsp3) is 0.611. The molecule has 26 heavy (non-hydrogen) atoms. The van der Waals surface area contributed by atoms with Gasteiger partial charge in [0.1, 0.15) is 0 Å². The van der Waals surface area contributed by atoms with Crippen LogP contribution in [0.3, 0.4) is 0 Å². The average Bonchev–Trinajstić information content (AvgIpc) is 3.08. The Morgan fingerprint density at radius 2 is 2.00 bits per heavy atom. The number of sulfonamides is 1. The van der Waals surface area contributed by atoms with Gasteiger partial charge >= 0.3 is 0 Å². The van der Waals surface area contributed by atoms with Gasteiger partial charge in [0.25, 0.3) is 0 Å². The monoisotopic (exact) mass is 382 g/mol. The van der Waals surface area contributed by atoms with Gasteiger partial charge in [0.15, 0.2) is 5.96 Å². The second-order valence-electron chi connectivity index (χ2n) is 6.10. The Hall–Kier alpha value is -1.80. The normalized spacial score (nSPS) is 14.4. The van der Waals surface area contributed by atoms with E-state index in [0.717, 1.165) is 50.3 Å². The number of guanidine groups is 1. The van der Waals surface area contributed by atoms with E-state index in [9.17, 15) is 8.42 Å². The largest absolute Gasteiger partial charge is 0.382 e. The molecule has 0 unspecified atom stereocenters. The summed E-state index contributed by atoms with van der Waals surface area (Å²) >= 11 is 0. The number of unbranched alkanes of at least 4 members (excludes halogenated alkanes) is 1. The van der Waals surface area contributed by atoms with Crippen LogP contribution in [0.5, 0.6) is 0 Å². The SMILES string of the molecule is CCOCCCCNC(=NC)NCCS(=O)(=O)N1CCc2ccccc21. The first-order chi connectivity index (χ1) is 12.6. The molecular weight excluding hydrogens is 352 g/mol. The fourth-order valence-corrected chi connectivity index (χ4v) is 4.33. The molecule has 2 rings (SSSR count). The van der Waals surface area contributed by atoms with Crippen molar-refractivity contribution in [2.24, 2.45) is 4.99 Å². The van der Waals surface area contributed by atoms with Crippen molar-refractivity contribution in [3.8, 4) is 0 Å². The average molecular weight is 383 g/mol. The highest BCUT2D eigenvalue weighted by Gasteiger charge is 2.28. The minimum Gasteiger partial charge on any atom is -0.382 e. The van der Waals surface area contributed by atoms with Crippen LogP contribution in [0, 0.1) is 0 Å². The van der Waals surface area contributed by atoms with Gasteiger partial charge in [-0.05, 0) is 37.8 Å². The molecule has 0 aliphatic carbocycles. The number of hydrogen-bond acceptors (Lipinski definition) is 4. The molecule has 0 bridgehead atoms. The third-order valence-electron chi connectivity index (χ3n) is 4.27. The van der Waals surface area contributed by atoms with Crippen molar-refractivity contribution < 1.29 is 13.2 Å². The molecule has 0 spiro atoms. The molecular formula is C18H30N4O3S. The lowest BCUT2D eigenvalue weighted by Crippen LogP contribution is -2.42. The van der Waals surface area contributed by atoms with Gasteiger partial charge in [-0.25, -0.2) is 8.42 Å². The van der Waals surface area contributed by atoms with Gasteiger partial charge in [-0.2, -0.15) is 0 Å². The quantitative estimate of drug-likeness (QED) is 0.363. The minimum atomic E-state index is -3.34. The standard InChI is InChI=1S/C18H30N4O3S/c1-3-25-14-7-6-11-20-18(19-2)21-12-15-26(23,24)22-13-10-16-8-4-5-9-17(16)22/h4-5,8-9H,3,6-7,10-15H2,1-2H3,(H2,19,20,21). The zero-order valence-corrected chi connectivity index (χ0v) is 16.5. The van der Waals surface area contributed by atoms with Gasteiger partial charge in [-0.3, -0.25) is 9.30 Å². The summed E-state index contributed by atoms with van der Waals surface area (Å²) in [6, 6.07) is 7.68. The molecule has 2 N–H and O–H groups in total. The highest BCUT2D eigenvalue weighted by Crippen LogP contribution is 2.29. The number of nitrogens with one attached hydrogen (secondary N) is 2. The third kappa shape index (κ3) is 5.88. The van der Waals surface area contributed by atoms with E-state index in [1.807, 2.05) is 31.2 Å². The van der Waals surface area contributed by atoms with Crippen molar-refractivity contribution in [3.05, 3.63) is 29.8 Å². The summed E-state index contributed by atoms with van der Waals surface area (Å²) < 4.78 is 32.1. The van der Waals surface area contributed by atoms with Crippen LogP contribution in [0.4, 0.5) is 5.69 Å². The first kappa shape index (κ1) is 20.5. The number of nitrogens with zero attached hydrogens (tertiary/aromatic N) is 2. The summed E-state index contributed by atoms with van der Waals surface area (Å²) in [5.41, 5.74) is 1.90. The van der Waals surface area contributed by atoms with Gasteiger partial charge in [-0.1, -0.05) is 18.2 Å². The highest BCUT2D eigenvalue weighted by molar-refractivity contribution is 7.92. The topological polar surface area (TPSA) is 83.0 Å². The van der Waals surface area contributed by atoms with E-state index < -0.39 is 10.0 Å². The maximum Gasteiger partial charge on any atom is 0.236 e. The number of anilines is 1. The molecule has 7 nitrogen and oxygen atoms in total. The number of ether oxygens (including phenoxy) is 1. The first-order valence-corrected chi connectivity index (χ1v) is 10.8. The van der Waals surface area contributed by atoms with E-state index in [0.29, 0.717) is 19.0 Å². The maximum absolute atomic E-state index is 12.6. The number of benzene rings is 1. The number of aliphatic imine (C=N–C) groups is 1.